The Bertz CT molecular complexity index is 2640. The van der Waals surface area contributed by atoms with Crippen LogP contribution in [0.15, 0.2) is 127 Å². The van der Waals surface area contributed by atoms with Gasteiger partial charge in [0.15, 0.2) is 22.9 Å². The predicted molar refractivity (Wildman–Crippen MR) is 206 cm³/mol. The number of fused-ring (bicyclic) bond motifs is 2. The number of aryl methyl sites for hydroxylation is 2. The van der Waals surface area contributed by atoms with Crippen molar-refractivity contribution in [2.45, 2.75) is 36.5 Å². The number of benzene rings is 6. The summed E-state index contributed by atoms with van der Waals surface area (Å²) in [6.45, 7) is 3.57. The molecule has 0 saturated carbocycles. The molecular formula is C36H28CaN6O12S2. The van der Waals surface area contributed by atoms with Gasteiger partial charge in [0.05, 0.1) is 19.6 Å². The third-order valence-electron chi connectivity index (χ3n) is 8.31. The van der Waals surface area contributed by atoms with Crippen LogP contribution in [0.3, 0.4) is 0 Å². The van der Waals surface area contributed by atoms with E-state index in [2.05, 4.69) is 20.5 Å². The fourth-order valence-corrected chi connectivity index (χ4v) is 6.83. The molecule has 0 heterocycles. The minimum absolute atomic E-state index is 0. The van der Waals surface area contributed by atoms with Gasteiger partial charge in [-0.3, -0.25) is 20.2 Å². The molecule has 0 radical (unpaired) electrons. The van der Waals surface area contributed by atoms with E-state index < -0.39 is 51.4 Å². The van der Waals surface area contributed by atoms with Crippen LogP contribution in [-0.4, -0.2) is 83.7 Å². The van der Waals surface area contributed by atoms with Crippen LogP contribution >= 0.6 is 0 Å². The van der Waals surface area contributed by atoms with E-state index in [1.54, 1.807) is 74.5 Å². The molecule has 288 valence electrons. The maximum atomic E-state index is 11.5. The summed E-state index contributed by atoms with van der Waals surface area (Å²) < 4.78 is 68.9. The number of aromatic hydroxyl groups is 2. The van der Waals surface area contributed by atoms with Crippen LogP contribution in [0.25, 0.3) is 21.5 Å². The second kappa shape index (κ2) is 18.2. The van der Waals surface area contributed by atoms with Crippen LogP contribution in [0.2, 0.25) is 0 Å². The summed E-state index contributed by atoms with van der Waals surface area (Å²) in [6.07, 6.45) is 0.884. The third kappa shape index (κ3) is 9.74. The predicted octanol–water partition coefficient (Wildman–Crippen LogP) is 8.29. The standard InChI is InChI=1S/2C18H15N3O6S.Ca/c2*1-2-11-7-5-9-14(21(23)24)16(11)19-20-17-13-8-4-3-6-12(13)10-15(18(17)22)28(25,26)27;/h2*3-10,22H,2H2,1H3,(H,25,26,27);/q;;+2/p-2. The van der Waals surface area contributed by atoms with Crippen LogP contribution in [0.1, 0.15) is 25.0 Å². The van der Waals surface area contributed by atoms with Crippen LogP contribution in [-0.2, 0) is 33.1 Å². The van der Waals surface area contributed by atoms with E-state index in [-0.39, 0.29) is 71.9 Å². The average molecular weight is 841 g/mol. The van der Waals surface area contributed by atoms with Crippen molar-refractivity contribution in [3.05, 3.63) is 128 Å². The number of hydrogen-bond donors (Lipinski definition) is 2. The third-order valence-corrected chi connectivity index (χ3v) is 10.0. The van der Waals surface area contributed by atoms with E-state index in [1.807, 2.05) is 0 Å². The Hall–Kier alpha value is -5.48. The van der Waals surface area contributed by atoms with Gasteiger partial charge in [0.2, 0.25) is 0 Å². The smallest absolute Gasteiger partial charge is 0.744 e. The molecule has 0 aliphatic carbocycles. The minimum Gasteiger partial charge on any atom is -0.744 e. The fourth-order valence-electron chi connectivity index (χ4n) is 5.62. The van der Waals surface area contributed by atoms with E-state index in [0.29, 0.717) is 45.5 Å². The number of azo groups is 2. The van der Waals surface area contributed by atoms with Gasteiger partial charge < -0.3 is 19.3 Å². The number of rotatable bonds is 10. The van der Waals surface area contributed by atoms with Crippen LogP contribution in [0, 0.1) is 20.2 Å². The van der Waals surface area contributed by atoms with Crippen molar-refractivity contribution < 1.29 is 46.0 Å². The topological polar surface area (TPSA) is 291 Å². The molecule has 0 aliphatic heterocycles. The van der Waals surface area contributed by atoms with Gasteiger partial charge >= 0.3 is 37.7 Å². The summed E-state index contributed by atoms with van der Waals surface area (Å²) in [5.41, 5.74) is 0.0193. The Morgan fingerprint density at radius 1 is 0.544 bits per heavy atom. The summed E-state index contributed by atoms with van der Waals surface area (Å²) in [6, 6.07) is 23.7. The Kier molecular flexibility index (Phi) is 14.1. The second-order valence-corrected chi connectivity index (χ2v) is 14.4. The van der Waals surface area contributed by atoms with E-state index >= 15 is 0 Å². The first kappa shape index (κ1) is 44.2. The molecular weight excluding hydrogens is 813 g/mol. The van der Waals surface area contributed by atoms with Gasteiger partial charge in [0, 0.05) is 22.9 Å². The quantitative estimate of drug-likeness (QED) is 0.0433. The van der Waals surface area contributed by atoms with Gasteiger partial charge in [0.1, 0.15) is 31.6 Å². The Balaban J connectivity index is 0.000000248. The molecule has 6 aromatic rings. The van der Waals surface area contributed by atoms with Gasteiger partial charge in [-0.05, 0) is 46.9 Å². The summed E-state index contributed by atoms with van der Waals surface area (Å²) in [7, 11) is -9.95. The molecule has 6 aromatic carbocycles. The number of nitro groups is 2. The molecule has 0 amide bonds. The van der Waals surface area contributed by atoms with Gasteiger partial charge in [-0.15, -0.1) is 20.5 Å². The molecule has 57 heavy (non-hydrogen) atoms. The van der Waals surface area contributed by atoms with Crippen molar-refractivity contribution in [1.29, 1.82) is 0 Å². The summed E-state index contributed by atoms with van der Waals surface area (Å²) >= 11 is 0. The van der Waals surface area contributed by atoms with Gasteiger partial charge in [-0.25, -0.2) is 16.8 Å². The average Bonchev–Trinajstić information content (AvgIpc) is 3.15. The van der Waals surface area contributed by atoms with E-state index in [1.165, 1.54) is 24.3 Å². The second-order valence-electron chi connectivity index (χ2n) is 11.7. The zero-order chi connectivity index (χ0) is 40.9. The van der Waals surface area contributed by atoms with Crippen molar-refractivity contribution in [2.24, 2.45) is 20.5 Å². The Morgan fingerprint density at radius 3 is 1.19 bits per heavy atom. The first-order valence-electron chi connectivity index (χ1n) is 16.2. The molecule has 0 aromatic heterocycles. The largest absolute Gasteiger partial charge is 2.00 e. The van der Waals surface area contributed by atoms with Crippen molar-refractivity contribution in [3.63, 3.8) is 0 Å². The molecule has 0 aliphatic rings. The van der Waals surface area contributed by atoms with Gasteiger partial charge in [-0.2, -0.15) is 0 Å². The first-order chi connectivity index (χ1) is 26.5. The first-order valence-corrected chi connectivity index (χ1v) is 19.1. The number of nitro benzene ring substituents is 2. The molecule has 0 fully saturated rings. The van der Waals surface area contributed by atoms with Gasteiger partial charge in [0.25, 0.3) is 11.4 Å². The molecule has 0 bridgehead atoms. The molecule has 6 rings (SSSR count). The summed E-state index contributed by atoms with van der Waals surface area (Å²) in [5, 5.41) is 60.3. The van der Waals surface area contributed by atoms with E-state index in [4.69, 9.17) is 0 Å². The zero-order valence-electron chi connectivity index (χ0n) is 29.8. The van der Waals surface area contributed by atoms with Gasteiger partial charge in [-0.1, -0.05) is 86.6 Å². The van der Waals surface area contributed by atoms with Crippen molar-refractivity contribution in [2.75, 3.05) is 0 Å². The summed E-state index contributed by atoms with van der Waals surface area (Å²) in [4.78, 5) is 19.7. The van der Waals surface area contributed by atoms with Crippen molar-refractivity contribution in [3.8, 4) is 11.5 Å². The zero-order valence-corrected chi connectivity index (χ0v) is 33.7. The number of nitrogens with zero attached hydrogens (tertiary/aromatic N) is 6. The number of phenolic OH excluding ortho intramolecular Hbond substituents is 2. The normalized spacial score (nSPS) is 11.7. The molecule has 21 heteroatoms. The molecule has 18 nitrogen and oxygen atoms in total. The summed E-state index contributed by atoms with van der Waals surface area (Å²) in [5.74, 6) is -1.71. The Morgan fingerprint density at radius 2 is 0.877 bits per heavy atom. The molecule has 2 N–H and O–H groups in total. The van der Waals surface area contributed by atoms with Crippen LogP contribution in [0.5, 0.6) is 11.5 Å². The maximum absolute atomic E-state index is 11.5. The molecule has 0 unspecified atom stereocenters. The van der Waals surface area contributed by atoms with E-state index in [9.17, 15) is 56.4 Å². The monoisotopic (exact) mass is 840 g/mol. The molecule has 0 saturated heterocycles. The molecule has 0 atom stereocenters. The Labute approximate surface area is 354 Å². The van der Waals surface area contributed by atoms with Crippen LogP contribution in [0.4, 0.5) is 34.1 Å². The number of phenols is 2. The van der Waals surface area contributed by atoms with Crippen LogP contribution < -0.4 is 0 Å². The molecule has 0 spiro atoms. The number of hydrogen-bond acceptors (Lipinski definition) is 16. The fraction of sp³-hybridized carbons (Fsp3) is 0.111. The van der Waals surface area contributed by atoms with Crippen molar-refractivity contribution in [1.82, 2.24) is 0 Å². The minimum atomic E-state index is -4.97. The van der Waals surface area contributed by atoms with Crippen molar-refractivity contribution >= 4 is 114 Å². The maximum Gasteiger partial charge on any atom is 2.00 e. The van der Waals surface area contributed by atoms with E-state index in [0.717, 1.165) is 12.1 Å². The SMILES string of the molecule is CCc1cccc([N+](=O)[O-])c1N=Nc1c(O)c(S(=O)(=O)[O-])cc2ccccc12.CCc1cccc([N+](=O)[O-])c1N=Nc1c(O)c(S(=O)(=O)[O-])cc2ccccc12.[Ca+2].